The molecule has 5 amide bonds. The molecule has 0 saturated carbocycles. The number of carbonyl (C=O) groups is 6. The molecular weight excluding hydrogens is 774 g/mol. The molecular formula is C35H52FN9O11S. The quantitative estimate of drug-likeness (QED) is 0.0668. The second-order valence-corrected chi connectivity index (χ2v) is 16.1. The van der Waals surface area contributed by atoms with E-state index in [1.807, 2.05) is 18.7 Å². The van der Waals surface area contributed by atoms with Gasteiger partial charge in [-0.05, 0) is 49.8 Å². The zero-order chi connectivity index (χ0) is 42.3. The van der Waals surface area contributed by atoms with E-state index in [9.17, 15) is 46.7 Å². The van der Waals surface area contributed by atoms with Crippen LogP contribution < -0.4 is 26.6 Å². The van der Waals surface area contributed by atoms with Crippen molar-refractivity contribution in [3.05, 3.63) is 41.5 Å². The van der Waals surface area contributed by atoms with Gasteiger partial charge < -0.3 is 36.4 Å². The van der Waals surface area contributed by atoms with Gasteiger partial charge in [0.15, 0.2) is 5.78 Å². The topological polar surface area (TPSA) is 280 Å². The average molecular weight is 826 g/mol. The number of morpholine rings is 1. The summed E-state index contributed by atoms with van der Waals surface area (Å²) in [6.07, 6.45) is 1.54. The van der Waals surface area contributed by atoms with Crippen molar-refractivity contribution in [2.24, 2.45) is 11.8 Å². The molecule has 0 unspecified atom stereocenters. The SMILES string of the molecule is CC(C)C[C@H](NC(=O)CNC(=O)CN1CCOCC1)C(=O)NCC(=O)N[C@@H](CC(C)C)C(=O)[C@](C)(O)COS(=O)(=O)c1ccc(F)c(C(=O)NCc2cn[nH]n2)c1. The van der Waals surface area contributed by atoms with Crippen LogP contribution in [0.15, 0.2) is 29.3 Å². The number of aromatic amines is 1. The second kappa shape index (κ2) is 21.6. The van der Waals surface area contributed by atoms with Crippen LogP contribution in [0.5, 0.6) is 0 Å². The number of ether oxygens (including phenoxy) is 1. The Morgan fingerprint density at radius 3 is 2.18 bits per heavy atom. The Kier molecular flexibility index (Phi) is 17.6. The van der Waals surface area contributed by atoms with Crippen molar-refractivity contribution < 1.29 is 55.6 Å². The van der Waals surface area contributed by atoms with E-state index >= 15 is 0 Å². The van der Waals surface area contributed by atoms with E-state index in [4.69, 9.17) is 8.92 Å². The lowest BCUT2D eigenvalue weighted by molar-refractivity contribution is -0.143. The van der Waals surface area contributed by atoms with Crippen molar-refractivity contribution in [3.63, 3.8) is 0 Å². The third kappa shape index (κ3) is 15.5. The molecule has 57 heavy (non-hydrogen) atoms. The number of benzene rings is 1. The predicted octanol–water partition coefficient (Wildman–Crippen LogP) is -1.47. The van der Waals surface area contributed by atoms with Gasteiger partial charge in [-0.25, -0.2) is 4.39 Å². The summed E-state index contributed by atoms with van der Waals surface area (Å²) in [5, 5.41) is 33.1. The van der Waals surface area contributed by atoms with Crippen LogP contribution in [0.1, 0.15) is 63.5 Å². The standard InChI is InChI=1S/C35H52FN9O11S/c1-21(2)12-27(41-30(47)18-39-34(51)28(13-22(3)4)42-29(46)17-37-31(48)19-45-8-10-55-11-9-45)32(49)35(5,52)20-56-57(53,54)24-6-7-26(36)25(14-24)33(50)38-15-23-16-40-44-43-23/h6-7,14,16,21-22,27-28,52H,8-13,15,17-20H2,1-5H3,(H,37,48)(H,38,50)(H,39,51)(H,41,47)(H,42,46)(H,40,43,44)/t27-,28-,35+/m0/s1. The van der Waals surface area contributed by atoms with Crippen LogP contribution in [-0.2, 0) is 49.6 Å². The summed E-state index contributed by atoms with van der Waals surface area (Å²) in [6.45, 7) is 8.17. The number of hydrogen-bond acceptors (Lipinski definition) is 14. The number of ketones is 1. The number of aromatic nitrogens is 3. The largest absolute Gasteiger partial charge is 0.380 e. The first kappa shape index (κ1) is 46.5. The minimum absolute atomic E-state index is 0.00941. The molecule has 316 valence electrons. The fourth-order valence-electron chi connectivity index (χ4n) is 5.50. The number of carbonyl (C=O) groups excluding carboxylic acids is 6. The molecule has 20 nitrogen and oxygen atoms in total. The normalized spacial score (nSPS) is 15.6. The molecule has 1 aliphatic rings. The Morgan fingerprint density at radius 1 is 0.947 bits per heavy atom. The summed E-state index contributed by atoms with van der Waals surface area (Å²) in [6, 6.07) is -0.0913. The van der Waals surface area contributed by atoms with E-state index in [-0.39, 0.29) is 50.2 Å². The molecule has 2 aromatic rings. The predicted molar refractivity (Wildman–Crippen MR) is 199 cm³/mol. The third-order valence-electron chi connectivity index (χ3n) is 8.45. The highest BCUT2D eigenvalue weighted by Crippen LogP contribution is 2.21. The number of nitrogens with one attached hydrogen (secondary N) is 6. The molecule has 1 aromatic heterocycles. The molecule has 22 heteroatoms. The third-order valence-corrected chi connectivity index (χ3v) is 9.71. The Morgan fingerprint density at radius 2 is 1.56 bits per heavy atom. The van der Waals surface area contributed by atoms with E-state index < -0.39 is 86.6 Å². The molecule has 0 bridgehead atoms. The molecule has 7 N–H and O–H groups in total. The Balaban J connectivity index is 1.57. The molecule has 1 aromatic carbocycles. The van der Waals surface area contributed by atoms with Gasteiger partial charge in [0.2, 0.25) is 23.6 Å². The van der Waals surface area contributed by atoms with Crippen LogP contribution in [0.3, 0.4) is 0 Å². The number of hydrogen-bond donors (Lipinski definition) is 7. The smallest absolute Gasteiger partial charge is 0.297 e. The van der Waals surface area contributed by atoms with Crippen LogP contribution in [0.2, 0.25) is 0 Å². The van der Waals surface area contributed by atoms with Gasteiger partial charge in [-0.15, -0.1) is 0 Å². The molecule has 2 heterocycles. The molecule has 3 rings (SSSR count). The first-order valence-corrected chi connectivity index (χ1v) is 19.7. The van der Waals surface area contributed by atoms with E-state index in [0.29, 0.717) is 32.0 Å². The van der Waals surface area contributed by atoms with Crippen molar-refractivity contribution in [1.29, 1.82) is 0 Å². The maximum atomic E-state index is 14.5. The molecule has 3 atom stereocenters. The van der Waals surface area contributed by atoms with Crippen molar-refractivity contribution in [1.82, 2.24) is 46.9 Å². The van der Waals surface area contributed by atoms with Crippen LogP contribution >= 0.6 is 0 Å². The van der Waals surface area contributed by atoms with Gasteiger partial charge >= 0.3 is 0 Å². The summed E-state index contributed by atoms with van der Waals surface area (Å²) in [5.41, 5.74) is -2.78. The summed E-state index contributed by atoms with van der Waals surface area (Å²) < 4.78 is 50.8. The first-order chi connectivity index (χ1) is 26.8. The zero-order valence-corrected chi connectivity index (χ0v) is 33.4. The van der Waals surface area contributed by atoms with Gasteiger partial charge in [0, 0.05) is 13.1 Å². The number of aliphatic hydroxyl groups is 1. The van der Waals surface area contributed by atoms with E-state index in [1.165, 1.54) is 6.20 Å². The fraction of sp³-hybridized carbons (Fsp3) is 0.600. The maximum Gasteiger partial charge on any atom is 0.297 e. The molecule has 1 aliphatic heterocycles. The highest BCUT2D eigenvalue weighted by atomic mass is 32.2. The van der Waals surface area contributed by atoms with Gasteiger partial charge in [0.1, 0.15) is 29.8 Å². The maximum absolute atomic E-state index is 14.5. The average Bonchev–Trinajstić information content (AvgIpc) is 3.68. The Bertz CT molecular complexity index is 1820. The van der Waals surface area contributed by atoms with Crippen molar-refractivity contribution in [2.45, 2.75) is 76.6 Å². The van der Waals surface area contributed by atoms with E-state index in [2.05, 4.69) is 42.0 Å². The van der Waals surface area contributed by atoms with Crippen LogP contribution in [0.4, 0.5) is 4.39 Å². The van der Waals surface area contributed by atoms with Crippen molar-refractivity contribution in [2.75, 3.05) is 52.5 Å². The molecule has 1 fully saturated rings. The monoisotopic (exact) mass is 825 g/mol. The van der Waals surface area contributed by atoms with E-state index in [1.54, 1.807) is 13.8 Å². The first-order valence-electron chi connectivity index (χ1n) is 18.3. The number of halogens is 1. The highest BCUT2D eigenvalue weighted by molar-refractivity contribution is 7.86. The Labute approximate surface area is 329 Å². The molecule has 0 aliphatic carbocycles. The molecule has 0 spiro atoms. The number of amides is 5. The van der Waals surface area contributed by atoms with Crippen molar-refractivity contribution >= 4 is 45.4 Å². The summed E-state index contributed by atoms with van der Waals surface area (Å²) in [7, 11) is -4.77. The van der Waals surface area contributed by atoms with Crippen LogP contribution in [0, 0.1) is 17.7 Å². The minimum atomic E-state index is -4.77. The number of Topliss-reactive ketones (excluding diaryl/α,β-unsaturated/α-hetero) is 1. The van der Waals surface area contributed by atoms with Crippen molar-refractivity contribution in [3.8, 4) is 0 Å². The lowest BCUT2D eigenvalue weighted by Gasteiger charge is -2.28. The number of rotatable bonds is 22. The summed E-state index contributed by atoms with van der Waals surface area (Å²) in [4.78, 5) is 78.4. The van der Waals surface area contributed by atoms with Gasteiger partial charge in [0.05, 0.1) is 62.1 Å². The zero-order valence-electron chi connectivity index (χ0n) is 32.6. The second-order valence-electron chi connectivity index (χ2n) is 14.5. The lowest BCUT2D eigenvalue weighted by atomic mass is 9.90. The number of nitrogens with zero attached hydrogens (tertiary/aromatic N) is 3. The molecule has 1 saturated heterocycles. The lowest BCUT2D eigenvalue weighted by Crippen LogP contribution is -2.55. The van der Waals surface area contributed by atoms with E-state index in [0.717, 1.165) is 25.1 Å². The van der Waals surface area contributed by atoms with Gasteiger partial charge in [0.25, 0.3) is 16.0 Å². The minimum Gasteiger partial charge on any atom is -0.380 e. The van der Waals surface area contributed by atoms with Gasteiger partial charge in [-0.3, -0.25) is 37.9 Å². The Hall–Kier alpha value is -4.90. The highest BCUT2D eigenvalue weighted by Gasteiger charge is 2.39. The summed E-state index contributed by atoms with van der Waals surface area (Å²) in [5.74, 6) is -5.74. The van der Waals surface area contributed by atoms with Crippen LogP contribution in [-0.4, -0.2) is 139 Å². The fourth-order valence-corrected chi connectivity index (χ4v) is 6.52. The van der Waals surface area contributed by atoms with Gasteiger partial charge in [-0.2, -0.15) is 23.8 Å². The van der Waals surface area contributed by atoms with Gasteiger partial charge in [-0.1, -0.05) is 27.7 Å². The molecule has 0 radical (unpaired) electrons. The summed E-state index contributed by atoms with van der Waals surface area (Å²) >= 11 is 0. The number of H-pyrrole nitrogens is 1. The van der Waals surface area contributed by atoms with Crippen LogP contribution in [0.25, 0.3) is 0 Å².